The maximum atomic E-state index is 13.5. The zero-order valence-corrected chi connectivity index (χ0v) is 22.9. The molecule has 3 rings (SSSR count). The second-order valence-electron chi connectivity index (χ2n) is 10.4. The summed E-state index contributed by atoms with van der Waals surface area (Å²) >= 11 is 6.51. The van der Waals surface area contributed by atoms with E-state index in [0.717, 1.165) is 30.6 Å². The van der Waals surface area contributed by atoms with E-state index < -0.39 is 11.7 Å². The number of aromatic nitrogens is 3. The number of rotatable bonds is 10. The van der Waals surface area contributed by atoms with Gasteiger partial charge in [-0.2, -0.15) is 9.61 Å². The number of amides is 1. The largest absolute Gasteiger partial charge is 0.444 e. The summed E-state index contributed by atoms with van der Waals surface area (Å²) in [5, 5.41) is 11.3. The predicted molar refractivity (Wildman–Crippen MR) is 144 cm³/mol. The fraction of sp³-hybridized carbons (Fsp3) is 0.519. The lowest BCUT2D eigenvalue weighted by Crippen LogP contribution is -2.37. The van der Waals surface area contributed by atoms with Crippen LogP contribution in [0.5, 0.6) is 0 Å². The van der Waals surface area contributed by atoms with Crippen LogP contribution < -0.4 is 16.3 Å². The molecule has 0 fully saturated rings. The number of fused-ring (bicyclic) bond motifs is 1. The third-order valence-electron chi connectivity index (χ3n) is 5.83. The molecule has 0 aliphatic carbocycles. The second-order valence-corrected chi connectivity index (χ2v) is 10.8. The molecular formula is C27H38ClN5O3. The number of ether oxygens (including phenoxy) is 1. The summed E-state index contributed by atoms with van der Waals surface area (Å²) in [7, 11) is 0. The number of halogens is 1. The van der Waals surface area contributed by atoms with Crippen molar-refractivity contribution in [2.24, 2.45) is 5.92 Å². The Bertz CT molecular complexity index is 1230. The summed E-state index contributed by atoms with van der Waals surface area (Å²) in [4.78, 5) is 25.4. The van der Waals surface area contributed by atoms with Gasteiger partial charge in [0.15, 0.2) is 0 Å². The van der Waals surface area contributed by atoms with Gasteiger partial charge in [0, 0.05) is 12.2 Å². The Kier molecular flexibility index (Phi) is 9.19. The molecule has 0 spiro atoms. The van der Waals surface area contributed by atoms with Crippen molar-refractivity contribution in [2.45, 2.75) is 72.6 Å². The Hall–Kier alpha value is -2.84. The first-order chi connectivity index (χ1) is 17.0. The number of nitrogens with zero attached hydrogens (tertiary/aromatic N) is 3. The lowest BCUT2D eigenvalue weighted by Gasteiger charge is -2.26. The molecule has 0 aliphatic heterocycles. The second kappa shape index (κ2) is 11.9. The number of alkyl carbamates (subject to hydrolysis) is 1. The predicted octanol–water partition coefficient (Wildman–Crippen LogP) is 5.10. The third-order valence-corrected chi connectivity index (χ3v) is 6.30. The molecule has 36 heavy (non-hydrogen) atoms. The van der Waals surface area contributed by atoms with Crippen molar-refractivity contribution < 1.29 is 9.53 Å². The first-order valence-electron chi connectivity index (χ1n) is 12.5. The van der Waals surface area contributed by atoms with Gasteiger partial charge in [-0.05, 0) is 64.6 Å². The minimum absolute atomic E-state index is 0.0727. The molecular weight excluding hydrogens is 478 g/mol. The average Bonchev–Trinajstić information content (AvgIpc) is 3.08. The quantitative estimate of drug-likeness (QED) is 0.367. The smallest absolute Gasteiger partial charge is 0.407 e. The molecule has 0 aliphatic rings. The summed E-state index contributed by atoms with van der Waals surface area (Å²) in [5.41, 5.74) is 2.43. The van der Waals surface area contributed by atoms with Crippen LogP contribution in [0.15, 0.2) is 41.2 Å². The van der Waals surface area contributed by atoms with Gasteiger partial charge in [-0.3, -0.25) is 4.57 Å². The Morgan fingerprint density at radius 1 is 1.14 bits per heavy atom. The molecule has 0 radical (unpaired) electrons. The van der Waals surface area contributed by atoms with Crippen molar-refractivity contribution in [2.75, 3.05) is 13.1 Å². The van der Waals surface area contributed by atoms with Gasteiger partial charge in [0.25, 0.3) is 0 Å². The Balaban J connectivity index is 1.78. The standard InChI is InChI=1S/C27H38ClN5O3/c1-18(2)24(29-14-10-11-15-30-25(34)36-27(4,5)6)22-16-21-23(28)19(3)31-33(21)26(35)32(22)17-20-12-8-7-9-13-20/h7-9,12-13,16,18,24,29H,10-11,14-15,17H2,1-6H3,(H,30,34)/t24-/m1/s1. The maximum Gasteiger partial charge on any atom is 0.407 e. The molecule has 196 valence electrons. The van der Waals surface area contributed by atoms with E-state index in [1.54, 1.807) is 11.5 Å². The van der Waals surface area contributed by atoms with Crippen LogP contribution in [0.3, 0.4) is 0 Å². The summed E-state index contributed by atoms with van der Waals surface area (Å²) in [6.07, 6.45) is 1.26. The molecule has 2 aromatic heterocycles. The van der Waals surface area contributed by atoms with Gasteiger partial charge in [0.05, 0.1) is 28.8 Å². The maximum absolute atomic E-state index is 13.5. The van der Waals surface area contributed by atoms with E-state index in [4.69, 9.17) is 16.3 Å². The highest BCUT2D eigenvalue weighted by Gasteiger charge is 2.23. The number of aryl methyl sites for hydroxylation is 1. The van der Waals surface area contributed by atoms with Crippen molar-refractivity contribution in [3.8, 4) is 0 Å². The van der Waals surface area contributed by atoms with Crippen molar-refractivity contribution >= 4 is 23.2 Å². The van der Waals surface area contributed by atoms with Gasteiger partial charge in [-0.1, -0.05) is 55.8 Å². The van der Waals surface area contributed by atoms with Gasteiger partial charge < -0.3 is 15.4 Å². The molecule has 1 atom stereocenters. The lowest BCUT2D eigenvalue weighted by atomic mass is 9.99. The topological polar surface area (TPSA) is 89.7 Å². The molecule has 8 nitrogen and oxygen atoms in total. The number of hydrogen-bond donors (Lipinski definition) is 2. The van der Waals surface area contributed by atoms with E-state index >= 15 is 0 Å². The molecule has 0 unspecified atom stereocenters. The number of benzene rings is 1. The molecule has 9 heteroatoms. The minimum Gasteiger partial charge on any atom is -0.444 e. The first-order valence-corrected chi connectivity index (χ1v) is 12.9. The van der Waals surface area contributed by atoms with E-state index in [0.29, 0.717) is 29.3 Å². The molecule has 1 aromatic carbocycles. The van der Waals surface area contributed by atoms with Crippen LogP contribution in [0.25, 0.3) is 5.52 Å². The first kappa shape index (κ1) is 27.7. The highest BCUT2D eigenvalue weighted by molar-refractivity contribution is 6.34. The van der Waals surface area contributed by atoms with Crippen LogP contribution in [0.1, 0.15) is 70.5 Å². The number of unbranched alkanes of at least 4 members (excludes halogenated alkanes) is 1. The zero-order valence-electron chi connectivity index (χ0n) is 22.1. The van der Waals surface area contributed by atoms with Crippen LogP contribution in [0.4, 0.5) is 4.79 Å². The fourth-order valence-electron chi connectivity index (χ4n) is 4.12. The summed E-state index contributed by atoms with van der Waals surface area (Å²) in [6, 6.07) is 11.8. The van der Waals surface area contributed by atoms with E-state index in [2.05, 4.69) is 29.6 Å². The van der Waals surface area contributed by atoms with E-state index in [1.807, 2.05) is 57.2 Å². The van der Waals surface area contributed by atoms with E-state index in [1.165, 1.54) is 4.52 Å². The Morgan fingerprint density at radius 3 is 2.44 bits per heavy atom. The van der Waals surface area contributed by atoms with Crippen LogP contribution >= 0.6 is 11.6 Å². The van der Waals surface area contributed by atoms with Gasteiger partial charge in [0.1, 0.15) is 5.60 Å². The summed E-state index contributed by atoms with van der Waals surface area (Å²) in [5.74, 6) is 0.219. The molecule has 0 bridgehead atoms. The minimum atomic E-state index is -0.510. The lowest BCUT2D eigenvalue weighted by molar-refractivity contribution is 0.0527. The van der Waals surface area contributed by atoms with Crippen LogP contribution in [0.2, 0.25) is 5.02 Å². The fourth-order valence-corrected chi connectivity index (χ4v) is 4.29. The van der Waals surface area contributed by atoms with Gasteiger partial charge in [-0.25, -0.2) is 9.59 Å². The average molecular weight is 516 g/mol. The van der Waals surface area contributed by atoms with Crippen molar-refractivity contribution in [3.05, 3.63) is 68.9 Å². The van der Waals surface area contributed by atoms with Crippen LogP contribution in [-0.4, -0.2) is 39.0 Å². The van der Waals surface area contributed by atoms with E-state index in [9.17, 15) is 9.59 Å². The number of nitrogens with one attached hydrogen (secondary N) is 2. The van der Waals surface area contributed by atoms with Gasteiger partial charge in [0.2, 0.25) is 0 Å². The summed E-state index contributed by atoms with van der Waals surface area (Å²) in [6.45, 7) is 13.3. The zero-order chi connectivity index (χ0) is 26.5. The highest BCUT2D eigenvalue weighted by atomic mass is 35.5. The third kappa shape index (κ3) is 7.11. The van der Waals surface area contributed by atoms with Crippen molar-refractivity contribution in [1.82, 2.24) is 24.8 Å². The Labute approximate surface area is 218 Å². The molecule has 2 heterocycles. The number of carbonyl (C=O) groups excluding carboxylic acids is 1. The molecule has 3 aromatic rings. The van der Waals surface area contributed by atoms with Crippen molar-refractivity contribution in [3.63, 3.8) is 0 Å². The molecule has 1 amide bonds. The highest BCUT2D eigenvalue weighted by Crippen LogP contribution is 2.27. The summed E-state index contributed by atoms with van der Waals surface area (Å²) < 4.78 is 8.45. The number of carbonyl (C=O) groups is 1. The van der Waals surface area contributed by atoms with Gasteiger partial charge >= 0.3 is 11.8 Å². The van der Waals surface area contributed by atoms with Crippen LogP contribution in [-0.2, 0) is 11.3 Å². The van der Waals surface area contributed by atoms with Crippen LogP contribution in [0, 0.1) is 12.8 Å². The molecule has 0 saturated heterocycles. The monoisotopic (exact) mass is 515 g/mol. The molecule has 2 N–H and O–H groups in total. The Morgan fingerprint density at radius 2 is 1.81 bits per heavy atom. The normalized spacial score (nSPS) is 12.8. The number of hydrogen-bond acceptors (Lipinski definition) is 5. The van der Waals surface area contributed by atoms with E-state index in [-0.39, 0.29) is 17.6 Å². The molecule has 0 saturated carbocycles. The SMILES string of the molecule is Cc1nn2c(=O)n(Cc3ccccc3)c([C@H](NCCCCNC(=O)OC(C)(C)C)C(C)C)cc2c1Cl. The van der Waals surface area contributed by atoms with Crippen molar-refractivity contribution in [1.29, 1.82) is 0 Å². The van der Waals surface area contributed by atoms with Gasteiger partial charge in [-0.15, -0.1) is 0 Å².